The van der Waals surface area contributed by atoms with Gasteiger partial charge >= 0.3 is 0 Å². The number of nitrogens with one attached hydrogen (secondary N) is 1. The topological polar surface area (TPSA) is 81.5 Å². The van der Waals surface area contributed by atoms with E-state index in [1.165, 1.54) is 30.3 Å². The van der Waals surface area contributed by atoms with Crippen molar-refractivity contribution in [3.8, 4) is 5.75 Å². The van der Waals surface area contributed by atoms with Crippen molar-refractivity contribution in [3.63, 3.8) is 0 Å². The van der Waals surface area contributed by atoms with Crippen LogP contribution in [0.3, 0.4) is 0 Å². The van der Waals surface area contributed by atoms with Crippen LogP contribution < -0.4 is 10.1 Å². The minimum Gasteiger partial charge on any atom is -0.479 e. The summed E-state index contributed by atoms with van der Waals surface area (Å²) in [4.78, 5) is 22.1. The lowest BCUT2D eigenvalue weighted by Gasteiger charge is -2.15. The molecule has 1 amide bonds. The minimum atomic E-state index is -0.816. The van der Waals surface area contributed by atoms with E-state index in [1.807, 2.05) is 0 Å². The molecule has 0 bridgehead atoms. The second kappa shape index (κ2) is 7.30. The first-order valence-corrected chi connectivity index (χ1v) is 7.29. The molecule has 2 rings (SSSR count). The van der Waals surface area contributed by atoms with Crippen LogP contribution in [0.4, 0.5) is 11.4 Å². The first-order chi connectivity index (χ1) is 10.9. The van der Waals surface area contributed by atoms with Gasteiger partial charge in [0.1, 0.15) is 5.75 Å². The van der Waals surface area contributed by atoms with Crippen molar-refractivity contribution in [2.24, 2.45) is 0 Å². The zero-order valence-corrected chi connectivity index (χ0v) is 13.5. The van der Waals surface area contributed by atoms with Gasteiger partial charge in [0.25, 0.3) is 11.6 Å². The van der Waals surface area contributed by atoms with Gasteiger partial charge in [0.2, 0.25) is 0 Å². The normalized spacial score (nSPS) is 11.6. The smallest absolute Gasteiger partial charge is 0.269 e. The molecule has 0 saturated carbocycles. The highest BCUT2D eigenvalue weighted by atomic mass is 35.5. The summed E-state index contributed by atoms with van der Waals surface area (Å²) in [6.07, 6.45) is -0.816. The molecule has 0 unspecified atom stereocenters. The van der Waals surface area contributed by atoms with Gasteiger partial charge in [0.05, 0.1) is 9.95 Å². The molecule has 0 saturated heterocycles. The molecule has 2 aromatic rings. The van der Waals surface area contributed by atoms with Gasteiger partial charge in [0.15, 0.2) is 6.10 Å². The Hall–Kier alpha value is -2.31. The van der Waals surface area contributed by atoms with Crippen molar-refractivity contribution in [1.29, 1.82) is 0 Å². The van der Waals surface area contributed by atoms with Crippen molar-refractivity contribution >= 4 is 40.5 Å². The van der Waals surface area contributed by atoms with Crippen LogP contribution in [-0.2, 0) is 4.79 Å². The van der Waals surface area contributed by atoms with E-state index in [9.17, 15) is 14.9 Å². The number of carbonyl (C=O) groups is 1. The Labute approximate surface area is 142 Å². The van der Waals surface area contributed by atoms with Crippen LogP contribution in [0.5, 0.6) is 5.75 Å². The number of rotatable bonds is 5. The van der Waals surface area contributed by atoms with E-state index in [2.05, 4.69) is 5.32 Å². The van der Waals surface area contributed by atoms with Crippen molar-refractivity contribution in [2.45, 2.75) is 13.0 Å². The number of non-ortho nitro benzene ring substituents is 1. The zero-order valence-electron chi connectivity index (χ0n) is 12.0. The monoisotopic (exact) mass is 354 g/mol. The fourth-order valence-electron chi connectivity index (χ4n) is 1.73. The highest BCUT2D eigenvalue weighted by molar-refractivity contribution is 6.35. The molecule has 0 spiro atoms. The quantitative estimate of drug-likeness (QED) is 0.640. The second-order valence-corrected chi connectivity index (χ2v) is 5.47. The zero-order chi connectivity index (χ0) is 17.0. The number of halogens is 2. The number of anilines is 1. The molecule has 0 heterocycles. The number of benzene rings is 2. The van der Waals surface area contributed by atoms with Crippen LogP contribution in [0.2, 0.25) is 10.0 Å². The molecule has 6 nitrogen and oxygen atoms in total. The first-order valence-electron chi connectivity index (χ1n) is 6.54. The number of ether oxygens (including phenoxy) is 1. The van der Waals surface area contributed by atoms with Crippen LogP contribution >= 0.6 is 23.2 Å². The second-order valence-electron chi connectivity index (χ2n) is 4.63. The van der Waals surface area contributed by atoms with Gasteiger partial charge in [-0.1, -0.05) is 23.2 Å². The lowest BCUT2D eigenvalue weighted by atomic mass is 10.2. The average molecular weight is 355 g/mol. The maximum absolute atomic E-state index is 12.1. The Balaban J connectivity index is 2.00. The van der Waals surface area contributed by atoms with E-state index < -0.39 is 16.9 Å². The molecular weight excluding hydrogens is 343 g/mol. The largest absolute Gasteiger partial charge is 0.479 e. The number of nitro groups is 1. The molecule has 1 atom stereocenters. The summed E-state index contributed by atoms with van der Waals surface area (Å²) in [6, 6.07) is 10.2. The van der Waals surface area contributed by atoms with Crippen molar-refractivity contribution in [2.75, 3.05) is 5.32 Å². The number of nitro benzene ring substituents is 1. The Kier molecular flexibility index (Phi) is 5.41. The number of hydrogen-bond donors (Lipinski definition) is 1. The molecule has 1 N–H and O–H groups in total. The van der Waals surface area contributed by atoms with Gasteiger partial charge in [-0.25, -0.2) is 0 Å². The van der Waals surface area contributed by atoms with Crippen LogP contribution in [-0.4, -0.2) is 16.9 Å². The number of nitrogens with zero attached hydrogens (tertiary/aromatic N) is 1. The first kappa shape index (κ1) is 17.1. The highest BCUT2D eigenvalue weighted by Gasteiger charge is 2.17. The molecule has 0 aliphatic heterocycles. The van der Waals surface area contributed by atoms with Crippen molar-refractivity contribution in [3.05, 3.63) is 62.6 Å². The molecule has 0 fully saturated rings. The summed E-state index contributed by atoms with van der Waals surface area (Å²) in [7, 11) is 0. The fourth-order valence-corrected chi connectivity index (χ4v) is 2.18. The summed E-state index contributed by atoms with van der Waals surface area (Å²) in [5, 5.41) is 13.9. The Morgan fingerprint density at radius 3 is 2.43 bits per heavy atom. The van der Waals surface area contributed by atoms with Gasteiger partial charge in [0, 0.05) is 22.8 Å². The third-order valence-electron chi connectivity index (χ3n) is 2.91. The van der Waals surface area contributed by atoms with Crippen LogP contribution in [0, 0.1) is 10.1 Å². The van der Waals surface area contributed by atoms with Gasteiger partial charge in [-0.05, 0) is 37.3 Å². The molecule has 0 aliphatic rings. The Morgan fingerprint density at radius 2 is 1.87 bits per heavy atom. The summed E-state index contributed by atoms with van der Waals surface area (Å²) >= 11 is 11.8. The van der Waals surface area contributed by atoms with Gasteiger partial charge in [-0.2, -0.15) is 0 Å². The molecule has 2 aromatic carbocycles. The molecular formula is C15H12Cl2N2O4. The van der Waals surface area contributed by atoms with Gasteiger partial charge in [-0.15, -0.1) is 0 Å². The summed E-state index contributed by atoms with van der Waals surface area (Å²) < 4.78 is 5.49. The predicted octanol–water partition coefficient (Wildman–Crippen LogP) is 4.31. The van der Waals surface area contributed by atoms with Gasteiger partial charge in [-0.3, -0.25) is 14.9 Å². The summed E-state index contributed by atoms with van der Waals surface area (Å²) in [5.74, 6) is -0.0766. The fraction of sp³-hybridized carbons (Fsp3) is 0.133. The van der Waals surface area contributed by atoms with E-state index >= 15 is 0 Å². The Morgan fingerprint density at radius 1 is 1.22 bits per heavy atom. The van der Waals surface area contributed by atoms with E-state index in [0.717, 1.165) is 0 Å². The Bertz CT molecular complexity index is 735. The van der Waals surface area contributed by atoms with Crippen molar-refractivity contribution < 1.29 is 14.5 Å². The highest BCUT2D eigenvalue weighted by Crippen LogP contribution is 2.28. The molecule has 8 heteroatoms. The number of amides is 1. The SMILES string of the molecule is C[C@@H](Oc1ccc(Cl)cc1Cl)C(=O)Nc1ccc([N+](=O)[O-])cc1. The number of carbonyl (C=O) groups excluding carboxylic acids is 1. The average Bonchev–Trinajstić information content (AvgIpc) is 2.50. The van der Waals surface area contributed by atoms with Crippen LogP contribution in [0.25, 0.3) is 0 Å². The third kappa shape index (κ3) is 4.58. The lowest BCUT2D eigenvalue weighted by molar-refractivity contribution is -0.384. The van der Waals surface area contributed by atoms with Crippen molar-refractivity contribution in [1.82, 2.24) is 0 Å². The molecule has 23 heavy (non-hydrogen) atoms. The summed E-state index contributed by atoms with van der Waals surface area (Å²) in [5.41, 5.74) is 0.374. The van der Waals surface area contributed by atoms with Crippen LogP contribution in [0.15, 0.2) is 42.5 Å². The standard InChI is InChI=1S/C15H12Cl2N2O4/c1-9(23-14-7-2-10(16)8-13(14)17)15(20)18-11-3-5-12(6-4-11)19(21)22/h2-9H,1H3,(H,18,20)/t9-/m1/s1. The minimum absolute atomic E-state index is 0.0553. The van der Waals surface area contributed by atoms with E-state index in [-0.39, 0.29) is 5.69 Å². The maximum Gasteiger partial charge on any atom is 0.269 e. The van der Waals surface area contributed by atoms with E-state index in [4.69, 9.17) is 27.9 Å². The molecule has 120 valence electrons. The predicted molar refractivity (Wildman–Crippen MR) is 88.3 cm³/mol. The summed E-state index contributed by atoms with van der Waals surface area (Å²) in [6.45, 7) is 1.56. The van der Waals surface area contributed by atoms with E-state index in [1.54, 1.807) is 19.1 Å². The van der Waals surface area contributed by atoms with Gasteiger partial charge < -0.3 is 10.1 Å². The number of hydrogen-bond acceptors (Lipinski definition) is 4. The molecule has 0 aliphatic carbocycles. The molecule has 0 radical (unpaired) electrons. The molecule has 0 aromatic heterocycles. The van der Waals surface area contributed by atoms with Crippen LogP contribution in [0.1, 0.15) is 6.92 Å². The lowest BCUT2D eigenvalue weighted by Crippen LogP contribution is -2.30. The third-order valence-corrected chi connectivity index (χ3v) is 3.44. The van der Waals surface area contributed by atoms with E-state index in [0.29, 0.717) is 21.5 Å². The maximum atomic E-state index is 12.1.